The number of fused-ring (bicyclic) bond motifs is 3. The van der Waals surface area contributed by atoms with Crippen LogP contribution in [-0.2, 0) is 15.1 Å². The van der Waals surface area contributed by atoms with Gasteiger partial charge in [-0.25, -0.2) is 4.79 Å². The molecule has 4 nitrogen and oxygen atoms in total. The Labute approximate surface area is 214 Å². The molecule has 3 aromatic carbocycles. The van der Waals surface area contributed by atoms with Gasteiger partial charge in [0.1, 0.15) is 5.75 Å². The van der Waals surface area contributed by atoms with E-state index in [1.807, 2.05) is 12.1 Å². The Bertz CT molecular complexity index is 1150. The fourth-order valence-corrected chi connectivity index (χ4v) is 4.73. The highest BCUT2D eigenvalue weighted by Crippen LogP contribution is 2.44. The van der Waals surface area contributed by atoms with Crippen molar-refractivity contribution >= 4 is 11.5 Å². The van der Waals surface area contributed by atoms with Gasteiger partial charge in [0.05, 0.1) is 6.61 Å². The number of hydrogen-bond acceptors (Lipinski definition) is 3. The van der Waals surface area contributed by atoms with Gasteiger partial charge >= 0.3 is 5.97 Å². The van der Waals surface area contributed by atoms with E-state index >= 15 is 0 Å². The van der Waals surface area contributed by atoms with E-state index in [1.165, 1.54) is 27.8 Å². The van der Waals surface area contributed by atoms with Gasteiger partial charge in [-0.1, -0.05) is 92.9 Å². The molecule has 1 aliphatic carbocycles. The Morgan fingerprint density at radius 3 is 2.00 bits per heavy atom. The molecule has 188 valence electrons. The minimum Gasteiger partial charge on any atom is -0.494 e. The molecule has 4 heteroatoms. The van der Waals surface area contributed by atoms with E-state index in [0.29, 0.717) is 18.8 Å². The third-order valence-corrected chi connectivity index (χ3v) is 6.89. The van der Waals surface area contributed by atoms with Gasteiger partial charge < -0.3 is 14.6 Å². The van der Waals surface area contributed by atoms with E-state index in [0.717, 1.165) is 44.3 Å². The summed E-state index contributed by atoms with van der Waals surface area (Å²) in [6.45, 7) is 4.80. The summed E-state index contributed by atoms with van der Waals surface area (Å²) in [4.78, 5) is 12.0. The summed E-state index contributed by atoms with van der Waals surface area (Å²) in [5.74, 6) is -0.242. The number of unbranched alkanes of at least 4 members (excludes halogenated alkanes) is 4. The number of carboxylic acids is 1. The molecule has 1 unspecified atom stereocenters. The van der Waals surface area contributed by atoms with Gasteiger partial charge in [-0.2, -0.15) is 0 Å². The predicted molar refractivity (Wildman–Crippen MR) is 145 cm³/mol. The Hall–Kier alpha value is -3.37. The Morgan fingerprint density at radius 1 is 0.806 bits per heavy atom. The molecule has 0 radical (unpaired) electrons. The topological polar surface area (TPSA) is 55.8 Å². The van der Waals surface area contributed by atoms with Crippen LogP contribution in [0.25, 0.3) is 16.7 Å². The van der Waals surface area contributed by atoms with Gasteiger partial charge in [-0.3, -0.25) is 0 Å². The van der Waals surface area contributed by atoms with Gasteiger partial charge in [-0.05, 0) is 71.7 Å². The Kier molecular flexibility index (Phi) is 8.61. The molecule has 1 N–H and O–H groups in total. The summed E-state index contributed by atoms with van der Waals surface area (Å²) in [5, 5.41) is 9.81. The van der Waals surface area contributed by atoms with E-state index < -0.39 is 11.6 Å². The number of rotatable bonds is 13. The summed E-state index contributed by atoms with van der Waals surface area (Å²) >= 11 is 0. The maximum absolute atomic E-state index is 12.0. The van der Waals surface area contributed by atoms with E-state index in [4.69, 9.17) is 9.47 Å². The van der Waals surface area contributed by atoms with Crippen LogP contribution in [0.4, 0.5) is 0 Å². The van der Waals surface area contributed by atoms with Gasteiger partial charge in [0.2, 0.25) is 0 Å². The van der Waals surface area contributed by atoms with Gasteiger partial charge in [-0.15, -0.1) is 0 Å². The number of benzene rings is 3. The van der Waals surface area contributed by atoms with Crippen LogP contribution in [0.5, 0.6) is 5.75 Å². The first-order valence-electron chi connectivity index (χ1n) is 13.0. The highest BCUT2D eigenvalue weighted by Gasteiger charge is 2.36. The van der Waals surface area contributed by atoms with Crippen LogP contribution in [0.3, 0.4) is 0 Å². The zero-order valence-corrected chi connectivity index (χ0v) is 21.3. The molecule has 36 heavy (non-hydrogen) atoms. The van der Waals surface area contributed by atoms with Crippen molar-refractivity contribution in [2.24, 2.45) is 0 Å². The quantitative estimate of drug-likeness (QED) is 0.196. The normalized spacial score (nSPS) is 13.6. The summed E-state index contributed by atoms with van der Waals surface area (Å²) in [5.41, 5.74) is 5.76. The second kappa shape index (κ2) is 12.0. The minimum atomic E-state index is -1.36. The lowest BCUT2D eigenvalue weighted by atomic mass is 9.95. The number of allylic oxidation sites excluding steroid dienone is 1. The van der Waals surface area contributed by atoms with Crippen molar-refractivity contribution in [1.29, 1.82) is 0 Å². The third kappa shape index (κ3) is 5.71. The lowest BCUT2D eigenvalue weighted by molar-refractivity contribution is -0.165. The highest BCUT2D eigenvalue weighted by atomic mass is 16.5. The Balaban J connectivity index is 1.31. The largest absolute Gasteiger partial charge is 0.494 e. The molecule has 0 saturated carbocycles. The van der Waals surface area contributed by atoms with Crippen molar-refractivity contribution in [3.63, 3.8) is 0 Å². The SMILES string of the molecule is CCCCCCOC(C)(C(=O)O)c1ccc(OCCCC=C2c3ccccc3-c3ccccc32)cc1. The lowest BCUT2D eigenvalue weighted by Crippen LogP contribution is -2.35. The maximum atomic E-state index is 12.0. The zero-order chi connectivity index (χ0) is 25.4. The third-order valence-electron chi connectivity index (χ3n) is 6.89. The summed E-state index contributed by atoms with van der Waals surface area (Å²) < 4.78 is 11.8. The molecule has 4 rings (SSSR count). The molecule has 0 heterocycles. The highest BCUT2D eigenvalue weighted by molar-refractivity contribution is 6.01. The van der Waals surface area contributed by atoms with Gasteiger partial charge in [0.15, 0.2) is 5.60 Å². The number of hydrogen-bond donors (Lipinski definition) is 1. The molecule has 0 amide bonds. The molecular formula is C32H36O4. The fourth-order valence-electron chi connectivity index (χ4n) is 4.73. The van der Waals surface area contributed by atoms with Crippen LogP contribution in [0.15, 0.2) is 78.9 Å². The standard InChI is InChI=1S/C32H36O4/c1-3-4-5-11-23-36-32(2,31(33)34)24-18-20-25(21-19-24)35-22-12-10-17-30-28-15-8-6-13-26(28)27-14-7-9-16-29(27)30/h6-9,13-21H,3-5,10-12,22-23H2,1-2H3,(H,33,34). The lowest BCUT2D eigenvalue weighted by Gasteiger charge is -2.26. The predicted octanol–water partition coefficient (Wildman–Crippen LogP) is 7.85. The number of aliphatic carboxylic acids is 1. The molecule has 0 bridgehead atoms. The first-order chi connectivity index (χ1) is 17.5. The minimum absolute atomic E-state index is 0.436. The van der Waals surface area contributed by atoms with Crippen molar-refractivity contribution < 1.29 is 19.4 Å². The fraction of sp³-hybridized carbons (Fsp3) is 0.344. The van der Waals surface area contributed by atoms with Gasteiger partial charge in [0.25, 0.3) is 0 Å². The van der Waals surface area contributed by atoms with E-state index in [9.17, 15) is 9.90 Å². The second-order valence-corrected chi connectivity index (χ2v) is 9.47. The van der Waals surface area contributed by atoms with E-state index in [2.05, 4.69) is 61.5 Å². The van der Waals surface area contributed by atoms with Crippen molar-refractivity contribution in [3.8, 4) is 16.9 Å². The average Bonchev–Trinajstić information content (AvgIpc) is 3.22. The Morgan fingerprint density at radius 2 is 1.42 bits per heavy atom. The average molecular weight is 485 g/mol. The molecule has 0 spiro atoms. The maximum Gasteiger partial charge on any atom is 0.340 e. The summed E-state index contributed by atoms with van der Waals surface area (Å²) in [7, 11) is 0. The zero-order valence-electron chi connectivity index (χ0n) is 21.3. The number of ether oxygens (including phenoxy) is 2. The van der Waals surface area contributed by atoms with Gasteiger partial charge in [0, 0.05) is 6.61 Å². The van der Waals surface area contributed by atoms with Crippen LogP contribution in [0, 0.1) is 0 Å². The van der Waals surface area contributed by atoms with E-state index in [-0.39, 0.29) is 0 Å². The molecule has 0 aromatic heterocycles. The molecule has 0 fully saturated rings. The molecule has 0 saturated heterocycles. The van der Waals surface area contributed by atoms with Crippen molar-refractivity contribution in [2.75, 3.05) is 13.2 Å². The molecule has 0 aliphatic heterocycles. The number of carbonyl (C=O) groups is 1. The first kappa shape index (κ1) is 25.7. The van der Waals surface area contributed by atoms with Crippen molar-refractivity contribution in [3.05, 3.63) is 95.6 Å². The van der Waals surface area contributed by atoms with Crippen LogP contribution < -0.4 is 4.74 Å². The second-order valence-electron chi connectivity index (χ2n) is 9.47. The first-order valence-corrected chi connectivity index (χ1v) is 13.0. The van der Waals surface area contributed by atoms with E-state index in [1.54, 1.807) is 19.1 Å². The molecule has 3 aromatic rings. The molecule has 1 atom stereocenters. The van der Waals surface area contributed by atoms with Crippen LogP contribution >= 0.6 is 0 Å². The van der Waals surface area contributed by atoms with Crippen molar-refractivity contribution in [2.45, 2.75) is 58.0 Å². The van der Waals surface area contributed by atoms with Crippen LogP contribution in [0.2, 0.25) is 0 Å². The summed E-state index contributed by atoms with van der Waals surface area (Å²) in [6.07, 6.45) is 8.31. The number of carboxylic acid groups (broad SMARTS) is 1. The summed E-state index contributed by atoms with van der Waals surface area (Å²) in [6, 6.07) is 24.4. The molecular weight excluding hydrogens is 448 g/mol. The smallest absolute Gasteiger partial charge is 0.340 e. The van der Waals surface area contributed by atoms with Crippen LogP contribution in [0.1, 0.15) is 69.1 Å². The van der Waals surface area contributed by atoms with Crippen LogP contribution in [-0.4, -0.2) is 24.3 Å². The van der Waals surface area contributed by atoms with Crippen molar-refractivity contribution in [1.82, 2.24) is 0 Å². The molecule has 1 aliphatic rings. The monoisotopic (exact) mass is 484 g/mol.